The summed E-state index contributed by atoms with van der Waals surface area (Å²) in [6.45, 7) is 4.68. The number of nitrogen functional groups attached to an aromatic ring is 1. The molecule has 1 aliphatic heterocycles. The number of aryl methyl sites for hydroxylation is 1. The first-order valence-corrected chi connectivity index (χ1v) is 13.1. The average Bonchev–Trinajstić information content (AvgIpc) is 3.55. The SMILES string of the molecule is CCC(=O)N1CCC[C@@H](c2nc(-c3ccc(C(=O)Nc4cc(C(F)(F)F)n(CC)n4)cc3)c3c(N)nccn23)C1. The Bertz CT molecular complexity index is 1560. The van der Waals surface area contributed by atoms with Crippen LogP contribution in [-0.4, -0.2) is 54.0 Å². The monoisotopic (exact) mass is 554 g/mol. The van der Waals surface area contributed by atoms with Gasteiger partial charge in [0.1, 0.15) is 28.5 Å². The van der Waals surface area contributed by atoms with E-state index in [0.29, 0.717) is 35.6 Å². The van der Waals surface area contributed by atoms with E-state index >= 15 is 0 Å². The summed E-state index contributed by atoms with van der Waals surface area (Å²) in [5, 5.41) is 6.28. The summed E-state index contributed by atoms with van der Waals surface area (Å²) in [6.07, 6.45) is 0.999. The summed E-state index contributed by atoms with van der Waals surface area (Å²) in [7, 11) is 0. The number of halogens is 3. The van der Waals surface area contributed by atoms with Crippen LogP contribution in [0.15, 0.2) is 42.7 Å². The number of nitrogens with one attached hydrogen (secondary N) is 1. The molecule has 5 rings (SSSR count). The predicted octanol–water partition coefficient (Wildman–Crippen LogP) is 4.58. The summed E-state index contributed by atoms with van der Waals surface area (Å²) in [6, 6.07) is 7.34. The number of piperidine rings is 1. The quantitative estimate of drug-likeness (QED) is 0.360. The third-order valence-corrected chi connectivity index (χ3v) is 7.08. The summed E-state index contributed by atoms with van der Waals surface area (Å²) in [4.78, 5) is 36.2. The van der Waals surface area contributed by atoms with Crippen molar-refractivity contribution in [3.8, 4) is 11.3 Å². The lowest BCUT2D eigenvalue weighted by atomic mass is 9.97. The fraction of sp³-hybridized carbons (Fsp3) is 0.370. The maximum absolute atomic E-state index is 13.2. The number of rotatable bonds is 6. The summed E-state index contributed by atoms with van der Waals surface area (Å²) >= 11 is 0. The Hall–Kier alpha value is -4.42. The number of nitrogens with zero attached hydrogens (tertiary/aromatic N) is 6. The van der Waals surface area contributed by atoms with Crippen LogP contribution in [0.5, 0.6) is 0 Å². The number of alkyl halides is 3. The molecule has 4 heterocycles. The summed E-state index contributed by atoms with van der Waals surface area (Å²) in [5.74, 6) is 0.415. The van der Waals surface area contributed by atoms with Gasteiger partial charge < -0.3 is 16.0 Å². The maximum atomic E-state index is 13.2. The van der Waals surface area contributed by atoms with Crippen LogP contribution in [0, 0.1) is 0 Å². The normalized spacial score (nSPS) is 15.9. The molecule has 0 saturated carbocycles. The number of imidazole rings is 1. The van der Waals surface area contributed by atoms with Gasteiger partial charge in [-0.2, -0.15) is 18.3 Å². The minimum absolute atomic E-state index is 0.00576. The topological polar surface area (TPSA) is 123 Å². The molecule has 3 N–H and O–H groups in total. The minimum atomic E-state index is -4.59. The van der Waals surface area contributed by atoms with Crippen molar-refractivity contribution in [3.63, 3.8) is 0 Å². The van der Waals surface area contributed by atoms with Crippen molar-refractivity contribution in [2.24, 2.45) is 0 Å². The summed E-state index contributed by atoms with van der Waals surface area (Å²) in [5.41, 5.74) is 7.46. The zero-order chi connectivity index (χ0) is 28.6. The highest BCUT2D eigenvalue weighted by Crippen LogP contribution is 2.34. The molecule has 40 heavy (non-hydrogen) atoms. The standard InChI is InChI=1S/C27H29F3N8O2/c1-3-21(39)36-12-5-6-18(15-36)25-34-22(23-24(31)32-11-13-37(23)25)16-7-9-17(10-8-16)26(40)33-20-14-19(27(28,29)30)38(4-2)35-20/h7-11,13-14,18H,3-6,12,15H2,1-2H3,(H2,31,32)(H,33,35,40)/t18-/m1/s1. The molecule has 1 saturated heterocycles. The molecule has 4 aromatic rings. The second-order valence-corrected chi connectivity index (χ2v) is 9.64. The van der Waals surface area contributed by atoms with Crippen molar-refractivity contribution in [1.29, 1.82) is 0 Å². The van der Waals surface area contributed by atoms with E-state index in [1.54, 1.807) is 36.7 Å². The lowest BCUT2D eigenvalue weighted by Gasteiger charge is -2.32. The molecule has 1 aromatic carbocycles. The smallest absolute Gasteiger partial charge is 0.382 e. The third kappa shape index (κ3) is 5.10. The van der Waals surface area contributed by atoms with E-state index in [-0.39, 0.29) is 29.8 Å². The zero-order valence-electron chi connectivity index (χ0n) is 22.1. The van der Waals surface area contributed by atoms with Gasteiger partial charge in [-0.05, 0) is 31.9 Å². The van der Waals surface area contributed by atoms with Crippen LogP contribution in [0.4, 0.5) is 24.8 Å². The molecule has 1 fully saturated rings. The Labute approximate surface area is 228 Å². The van der Waals surface area contributed by atoms with Crippen LogP contribution in [0.1, 0.15) is 60.9 Å². The molecule has 1 aliphatic rings. The molecule has 0 aliphatic carbocycles. The number of amides is 2. The van der Waals surface area contributed by atoms with Crippen LogP contribution in [-0.2, 0) is 17.5 Å². The van der Waals surface area contributed by atoms with Crippen LogP contribution in [0.2, 0.25) is 0 Å². The second kappa shape index (κ2) is 10.6. The number of carbonyl (C=O) groups excluding carboxylic acids is 2. The first-order chi connectivity index (χ1) is 19.1. The van der Waals surface area contributed by atoms with Gasteiger partial charge in [-0.3, -0.25) is 18.7 Å². The highest BCUT2D eigenvalue weighted by molar-refractivity contribution is 6.04. The van der Waals surface area contributed by atoms with Gasteiger partial charge in [0.05, 0.1) is 0 Å². The first kappa shape index (κ1) is 27.2. The van der Waals surface area contributed by atoms with E-state index in [1.165, 1.54) is 6.92 Å². The Balaban J connectivity index is 1.42. The van der Waals surface area contributed by atoms with Crippen molar-refractivity contribution < 1.29 is 22.8 Å². The molecule has 2 amide bonds. The molecule has 3 aromatic heterocycles. The summed E-state index contributed by atoms with van der Waals surface area (Å²) < 4.78 is 42.4. The van der Waals surface area contributed by atoms with Crippen molar-refractivity contribution in [3.05, 3.63) is 59.8 Å². The molecular formula is C27H29F3N8O2. The Morgan fingerprint density at radius 3 is 2.58 bits per heavy atom. The first-order valence-electron chi connectivity index (χ1n) is 13.1. The van der Waals surface area contributed by atoms with Gasteiger partial charge in [0.25, 0.3) is 5.91 Å². The second-order valence-electron chi connectivity index (χ2n) is 9.64. The number of hydrogen-bond acceptors (Lipinski definition) is 6. The number of hydrogen-bond donors (Lipinski definition) is 2. The predicted molar refractivity (Wildman–Crippen MR) is 143 cm³/mol. The number of benzene rings is 1. The van der Waals surface area contributed by atoms with Crippen molar-refractivity contribution in [2.45, 2.75) is 51.7 Å². The molecule has 210 valence electrons. The van der Waals surface area contributed by atoms with Gasteiger partial charge in [0.2, 0.25) is 5.91 Å². The van der Waals surface area contributed by atoms with Gasteiger partial charge in [0, 0.05) is 61.6 Å². The van der Waals surface area contributed by atoms with Gasteiger partial charge >= 0.3 is 6.18 Å². The van der Waals surface area contributed by atoms with Gasteiger partial charge in [-0.25, -0.2) is 9.97 Å². The lowest BCUT2D eigenvalue weighted by Crippen LogP contribution is -2.39. The molecule has 10 nitrogen and oxygen atoms in total. The largest absolute Gasteiger partial charge is 0.433 e. The molecule has 0 radical (unpaired) electrons. The van der Waals surface area contributed by atoms with Crippen molar-refractivity contribution in [1.82, 2.24) is 29.0 Å². The minimum Gasteiger partial charge on any atom is -0.382 e. The Kier molecular flexibility index (Phi) is 7.21. The highest BCUT2D eigenvalue weighted by atomic mass is 19.4. The fourth-order valence-corrected chi connectivity index (χ4v) is 5.13. The molecular weight excluding hydrogens is 525 g/mol. The van der Waals surface area contributed by atoms with Crippen LogP contribution >= 0.6 is 0 Å². The van der Waals surface area contributed by atoms with Crippen LogP contribution in [0.3, 0.4) is 0 Å². The Morgan fingerprint density at radius 1 is 1.18 bits per heavy atom. The molecule has 0 unspecified atom stereocenters. The number of anilines is 2. The number of fused-ring (bicyclic) bond motifs is 1. The van der Waals surface area contributed by atoms with E-state index in [2.05, 4.69) is 15.4 Å². The van der Waals surface area contributed by atoms with E-state index in [1.807, 2.05) is 16.2 Å². The van der Waals surface area contributed by atoms with E-state index in [0.717, 1.165) is 36.0 Å². The van der Waals surface area contributed by atoms with Crippen molar-refractivity contribution in [2.75, 3.05) is 24.1 Å². The van der Waals surface area contributed by atoms with Gasteiger partial charge in [-0.15, -0.1) is 0 Å². The van der Waals surface area contributed by atoms with Crippen LogP contribution < -0.4 is 11.1 Å². The lowest BCUT2D eigenvalue weighted by molar-refractivity contribution is -0.144. The van der Waals surface area contributed by atoms with Gasteiger partial charge in [-0.1, -0.05) is 19.1 Å². The van der Waals surface area contributed by atoms with Crippen LogP contribution in [0.25, 0.3) is 16.8 Å². The van der Waals surface area contributed by atoms with Crippen molar-refractivity contribution >= 4 is 29.0 Å². The number of nitrogens with two attached hydrogens (primary N) is 1. The zero-order valence-corrected chi connectivity index (χ0v) is 22.1. The average molecular weight is 555 g/mol. The van der Waals surface area contributed by atoms with E-state index in [9.17, 15) is 22.8 Å². The van der Waals surface area contributed by atoms with E-state index in [4.69, 9.17) is 10.7 Å². The Morgan fingerprint density at radius 2 is 1.93 bits per heavy atom. The number of carbonyl (C=O) groups is 2. The molecule has 1 atom stereocenters. The fourth-order valence-electron chi connectivity index (χ4n) is 5.13. The number of aromatic nitrogens is 5. The molecule has 13 heteroatoms. The maximum Gasteiger partial charge on any atom is 0.433 e. The molecule has 0 bridgehead atoms. The molecule has 0 spiro atoms. The van der Waals surface area contributed by atoms with Gasteiger partial charge in [0.15, 0.2) is 5.82 Å². The third-order valence-electron chi connectivity index (χ3n) is 7.08. The number of likely N-dealkylation sites (tertiary alicyclic amines) is 1. The van der Waals surface area contributed by atoms with E-state index < -0.39 is 17.8 Å². The highest BCUT2D eigenvalue weighted by Gasteiger charge is 2.36.